The number of aromatic carboxylic acids is 1. The highest BCUT2D eigenvalue weighted by atomic mass is 16.5. The number of pyridine rings is 1. The van der Waals surface area contributed by atoms with Gasteiger partial charge in [-0.3, -0.25) is 14.5 Å². The zero-order chi connectivity index (χ0) is 22.2. The monoisotopic (exact) mass is 436 g/mol. The molecule has 32 heavy (non-hydrogen) atoms. The molecule has 1 aliphatic carbocycles. The maximum Gasteiger partial charge on any atom is 0.341 e. The first-order valence-corrected chi connectivity index (χ1v) is 11.6. The van der Waals surface area contributed by atoms with E-state index < -0.39 is 11.4 Å². The number of ether oxygens (including phenoxy) is 2. The van der Waals surface area contributed by atoms with E-state index in [0.717, 1.165) is 65.5 Å². The normalized spacial score (nSPS) is 21.9. The molecule has 1 aromatic carbocycles. The van der Waals surface area contributed by atoms with Gasteiger partial charge in [0.1, 0.15) is 5.56 Å². The first-order valence-electron chi connectivity index (χ1n) is 11.6. The third-order valence-electron chi connectivity index (χ3n) is 7.51. The van der Waals surface area contributed by atoms with Crippen molar-refractivity contribution in [2.24, 2.45) is 5.92 Å². The summed E-state index contributed by atoms with van der Waals surface area (Å²) in [4.78, 5) is 24.4. The topological polar surface area (TPSA) is 81.0 Å². The van der Waals surface area contributed by atoms with Crippen molar-refractivity contribution in [1.82, 2.24) is 4.68 Å². The number of hydrogen-bond donors (Lipinski definition) is 1. The van der Waals surface area contributed by atoms with Gasteiger partial charge >= 0.3 is 5.97 Å². The highest BCUT2D eigenvalue weighted by Crippen LogP contribution is 2.53. The van der Waals surface area contributed by atoms with E-state index in [0.29, 0.717) is 13.2 Å². The second-order valence-corrected chi connectivity index (χ2v) is 10.1. The minimum Gasteiger partial charge on any atom is -0.490 e. The van der Waals surface area contributed by atoms with Crippen LogP contribution in [0.25, 0.3) is 11.3 Å². The predicted molar refractivity (Wildman–Crippen MR) is 119 cm³/mol. The van der Waals surface area contributed by atoms with Gasteiger partial charge < -0.3 is 14.6 Å². The molecule has 1 aromatic heterocycles. The van der Waals surface area contributed by atoms with E-state index in [-0.39, 0.29) is 17.1 Å². The van der Waals surface area contributed by atoms with Crippen molar-refractivity contribution in [3.63, 3.8) is 0 Å². The van der Waals surface area contributed by atoms with Crippen molar-refractivity contribution >= 4 is 5.97 Å². The lowest BCUT2D eigenvalue weighted by molar-refractivity contribution is 0.0694. The molecule has 4 heterocycles. The largest absolute Gasteiger partial charge is 0.490 e. The highest BCUT2D eigenvalue weighted by molar-refractivity contribution is 5.88. The van der Waals surface area contributed by atoms with Gasteiger partial charge in [0.25, 0.3) is 0 Å². The summed E-state index contributed by atoms with van der Waals surface area (Å²) in [5, 5.41) is 11.8. The number of benzene rings is 1. The van der Waals surface area contributed by atoms with Gasteiger partial charge in [0.05, 0.1) is 30.5 Å². The minimum absolute atomic E-state index is 0.0910. The summed E-state index contributed by atoms with van der Waals surface area (Å²) >= 11 is 0. The average Bonchev–Trinajstić information content (AvgIpc) is 3.32. The van der Waals surface area contributed by atoms with Crippen LogP contribution in [0.3, 0.4) is 0 Å². The third kappa shape index (κ3) is 2.86. The van der Waals surface area contributed by atoms with Crippen LogP contribution in [0.5, 0.6) is 11.5 Å². The molecule has 2 aromatic rings. The fourth-order valence-electron chi connectivity index (χ4n) is 5.71. The van der Waals surface area contributed by atoms with Crippen molar-refractivity contribution in [1.29, 1.82) is 0 Å². The fraction of sp³-hybridized carbons (Fsp3) is 0.520. The van der Waals surface area contributed by atoms with Gasteiger partial charge in [-0.25, -0.2) is 4.79 Å². The summed E-state index contributed by atoms with van der Waals surface area (Å²) in [6.07, 6.45) is 7.86. The van der Waals surface area contributed by atoms with Gasteiger partial charge in [-0.05, 0) is 50.7 Å². The molecule has 0 unspecified atom stereocenters. The average molecular weight is 437 g/mol. The van der Waals surface area contributed by atoms with Crippen LogP contribution < -0.4 is 19.9 Å². The number of fused-ring (bicyclic) bond motifs is 8. The maximum atomic E-state index is 12.7. The van der Waals surface area contributed by atoms with Crippen molar-refractivity contribution in [3.05, 3.63) is 45.2 Å². The molecule has 2 fully saturated rings. The molecule has 0 radical (unpaired) electrons. The first-order chi connectivity index (χ1) is 15.3. The van der Waals surface area contributed by atoms with Crippen LogP contribution >= 0.6 is 0 Å². The number of rotatable bonds is 5. The molecule has 1 saturated heterocycles. The standard InChI is InChI=1S/C25H28N2O5/c1-25(2)8-5-18-16-11-21(31-9-6-14-3-4-14)23-15(7-10-32-23)22(16)19-12-20(28)17(24(29)30)13-26(19)27(18)25/h11-14,18H,3-10H2,1-2H3,(H,29,30)/t18-/m0/s1. The second kappa shape index (κ2) is 6.77. The number of carboxylic acid groups (broad SMARTS) is 1. The Morgan fingerprint density at radius 2 is 2.09 bits per heavy atom. The van der Waals surface area contributed by atoms with E-state index >= 15 is 0 Å². The van der Waals surface area contributed by atoms with Crippen LogP contribution in [0.15, 0.2) is 23.1 Å². The Labute approximate surface area is 186 Å². The van der Waals surface area contributed by atoms with E-state index in [1.54, 1.807) is 0 Å². The molecule has 0 amide bonds. The van der Waals surface area contributed by atoms with Gasteiger partial charge in [-0.1, -0.05) is 12.8 Å². The molecule has 0 spiro atoms. The fourth-order valence-corrected chi connectivity index (χ4v) is 5.71. The lowest BCUT2D eigenvalue weighted by Gasteiger charge is -2.45. The van der Waals surface area contributed by atoms with E-state index in [1.807, 2.05) is 4.68 Å². The molecule has 7 nitrogen and oxygen atoms in total. The molecule has 3 aliphatic heterocycles. The van der Waals surface area contributed by atoms with E-state index in [2.05, 4.69) is 24.9 Å². The lowest BCUT2D eigenvalue weighted by Crippen LogP contribution is -2.50. The third-order valence-corrected chi connectivity index (χ3v) is 7.51. The summed E-state index contributed by atoms with van der Waals surface area (Å²) in [7, 11) is 0. The molecule has 1 N–H and O–H groups in total. The molecule has 0 bridgehead atoms. The number of nitrogens with zero attached hydrogens (tertiary/aromatic N) is 2. The summed E-state index contributed by atoms with van der Waals surface area (Å²) in [6.45, 7) is 5.62. The second-order valence-electron chi connectivity index (χ2n) is 10.1. The van der Waals surface area contributed by atoms with E-state index in [1.165, 1.54) is 25.1 Å². The van der Waals surface area contributed by atoms with Crippen molar-refractivity contribution in [3.8, 4) is 22.8 Å². The Bertz CT molecular complexity index is 1190. The Hall–Kier alpha value is -2.96. The van der Waals surface area contributed by atoms with Gasteiger partial charge in [-0.15, -0.1) is 0 Å². The molecule has 7 heteroatoms. The summed E-state index contributed by atoms with van der Waals surface area (Å²) < 4.78 is 14.2. The lowest BCUT2D eigenvalue weighted by atomic mass is 9.89. The zero-order valence-electron chi connectivity index (χ0n) is 18.5. The highest BCUT2D eigenvalue weighted by Gasteiger charge is 2.46. The smallest absolute Gasteiger partial charge is 0.341 e. The molecule has 4 aliphatic rings. The number of carboxylic acids is 1. The minimum atomic E-state index is -1.20. The molecule has 6 rings (SSSR count). The zero-order valence-corrected chi connectivity index (χ0v) is 18.5. The SMILES string of the molecule is CC1(C)CC[C@H]2c3cc(OCCC4CC4)c4c(c3-c3cc(=O)c(C(=O)O)cn3N21)CCO4. The molecule has 1 atom stereocenters. The van der Waals surface area contributed by atoms with Gasteiger partial charge in [0.15, 0.2) is 16.9 Å². The molecule has 1 saturated carbocycles. The summed E-state index contributed by atoms with van der Waals surface area (Å²) in [6, 6.07) is 3.69. The Morgan fingerprint density at radius 3 is 2.84 bits per heavy atom. The van der Waals surface area contributed by atoms with Gasteiger partial charge in [0, 0.05) is 29.8 Å². The van der Waals surface area contributed by atoms with Crippen molar-refractivity contribution in [2.75, 3.05) is 18.2 Å². The van der Waals surface area contributed by atoms with Gasteiger partial charge in [0.2, 0.25) is 0 Å². The van der Waals surface area contributed by atoms with Crippen LogP contribution in [0, 0.1) is 5.92 Å². The van der Waals surface area contributed by atoms with Crippen molar-refractivity contribution < 1.29 is 19.4 Å². The van der Waals surface area contributed by atoms with Crippen molar-refractivity contribution in [2.45, 2.75) is 64.0 Å². The molecule has 168 valence electrons. The number of carbonyl (C=O) groups is 1. The van der Waals surface area contributed by atoms with Gasteiger partial charge in [-0.2, -0.15) is 0 Å². The van der Waals surface area contributed by atoms with E-state index in [9.17, 15) is 14.7 Å². The molecular weight excluding hydrogens is 408 g/mol. The van der Waals surface area contributed by atoms with Crippen LogP contribution in [-0.4, -0.2) is 34.5 Å². The predicted octanol–water partition coefficient (Wildman–Crippen LogP) is 3.89. The first kappa shape index (κ1) is 19.7. The number of hydrogen-bond acceptors (Lipinski definition) is 5. The van der Waals surface area contributed by atoms with Crippen LogP contribution in [0.1, 0.15) is 73.5 Å². The Kier molecular flexibility index (Phi) is 4.17. The van der Waals surface area contributed by atoms with Crippen LogP contribution in [0.2, 0.25) is 0 Å². The summed E-state index contributed by atoms with van der Waals surface area (Å²) in [5.74, 6) is 1.19. The summed E-state index contributed by atoms with van der Waals surface area (Å²) in [5.41, 5.74) is 3.14. The quantitative estimate of drug-likeness (QED) is 0.766. The maximum absolute atomic E-state index is 12.7. The Morgan fingerprint density at radius 1 is 1.28 bits per heavy atom. The van der Waals surface area contributed by atoms with E-state index in [4.69, 9.17) is 9.47 Å². The van der Waals surface area contributed by atoms with Crippen LogP contribution in [-0.2, 0) is 6.42 Å². The van der Waals surface area contributed by atoms with Crippen LogP contribution in [0.4, 0.5) is 0 Å². The molecular formula is C25H28N2O5. The Balaban J connectivity index is 1.55. The number of aromatic nitrogens is 1.